The summed E-state index contributed by atoms with van der Waals surface area (Å²) in [5.41, 5.74) is 5.84. The van der Waals surface area contributed by atoms with Crippen molar-refractivity contribution in [1.29, 1.82) is 0 Å². The lowest BCUT2D eigenvalue weighted by atomic mass is 10.2. The van der Waals surface area contributed by atoms with Crippen LogP contribution in [0.4, 0.5) is 0 Å². The van der Waals surface area contributed by atoms with E-state index >= 15 is 0 Å². The smallest absolute Gasteiger partial charge is 0.287 e. The van der Waals surface area contributed by atoms with E-state index in [0.29, 0.717) is 18.0 Å². The molecule has 0 aliphatic rings. The molecule has 2 aromatic rings. The summed E-state index contributed by atoms with van der Waals surface area (Å²) in [6, 6.07) is 8.33. The zero-order valence-electron chi connectivity index (χ0n) is 12.0. The van der Waals surface area contributed by atoms with Gasteiger partial charge in [0.2, 0.25) is 0 Å². The monoisotopic (exact) mass is 304 g/mol. The first-order valence-electron chi connectivity index (χ1n) is 6.50. The van der Waals surface area contributed by atoms with Crippen LogP contribution in [-0.2, 0) is 11.3 Å². The molecule has 22 heavy (non-hydrogen) atoms. The van der Waals surface area contributed by atoms with Gasteiger partial charge in [-0.15, -0.1) is 0 Å². The molecular weight excluding hydrogens is 288 g/mol. The number of ether oxygens (including phenoxy) is 2. The number of carbonyl (C=O) groups excluding carboxylic acids is 2. The van der Waals surface area contributed by atoms with Gasteiger partial charge in [-0.1, -0.05) is 6.07 Å². The number of benzene rings is 1. The van der Waals surface area contributed by atoms with Crippen molar-refractivity contribution in [1.82, 2.24) is 5.32 Å². The maximum atomic E-state index is 11.8. The van der Waals surface area contributed by atoms with E-state index in [1.165, 1.54) is 13.4 Å². The molecule has 2 rings (SSSR count). The molecule has 0 unspecified atom stereocenters. The molecule has 0 radical (unpaired) electrons. The summed E-state index contributed by atoms with van der Waals surface area (Å²) in [4.78, 5) is 22.5. The molecular formula is C15H16N2O5. The molecule has 7 heteroatoms. The van der Waals surface area contributed by atoms with Gasteiger partial charge >= 0.3 is 0 Å². The molecule has 1 aromatic carbocycles. The fraction of sp³-hybridized carbons (Fsp3) is 0.200. The summed E-state index contributed by atoms with van der Waals surface area (Å²) >= 11 is 0. The average molecular weight is 304 g/mol. The van der Waals surface area contributed by atoms with Crippen molar-refractivity contribution in [2.45, 2.75) is 6.54 Å². The standard InChI is InChI=1S/C15H16N2O5/c1-20-13-7-10(4-5-11(13)22-9-14(16)18)8-17-15(19)12-3-2-6-21-12/h2-7H,8-9H2,1H3,(H2,16,18)(H,17,19). The SMILES string of the molecule is COc1cc(CNC(=O)c2ccco2)ccc1OCC(N)=O. The summed E-state index contributed by atoms with van der Waals surface area (Å²) in [6.07, 6.45) is 1.43. The highest BCUT2D eigenvalue weighted by atomic mass is 16.5. The van der Waals surface area contributed by atoms with Gasteiger partial charge in [0.15, 0.2) is 23.9 Å². The van der Waals surface area contributed by atoms with Crippen molar-refractivity contribution in [2.75, 3.05) is 13.7 Å². The van der Waals surface area contributed by atoms with Crippen LogP contribution in [0.1, 0.15) is 16.1 Å². The maximum Gasteiger partial charge on any atom is 0.287 e. The van der Waals surface area contributed by atoms with Crippen LogP contribution in [0, 0.1) is 0 Å². The molecule has 2 amide bonds. The Morgan fingerprint density at radius 2 is 2.09 bits per heavy atom. The summed E-state index contributed by atoms with van der Waals surface area (Å²) < 4.78 is 15.4. The van der Waals surface area contributed by atoms with E-state index in [4.69, 9.17) is 19.6 Å². The average Bonchev–Trinajstić information content (AvgIpc) is 3.05. The molecule has 1 aromatic heterocycles. The number of primary amides is 1. The molecule has 116 valence electrons. The number of hydrogen-bond donors (Lipinski definition) is 2. The van der Waals surface area contributed by atoms with E-state index in [9.17, 15) is 9.59 Å². The Morgan fingerprint density at radius 1 is 1.27 bits per heavy atom. The van der Waals surface area contributed by atoms with E-state index in [-0.39, 0.29) is 18.3 Å². The third-order valence-electron chi connectivity index (χ3n) is 2.80. The molecule has 1 heterocycles. The molecule has 0 fully saturated rings. The van der Waals surface area contributed by atoms with Gasteiger partial charge in [-0.05, 0) is 29.8 Å². The van der Waals surface area contributed by atoms with E-state index in [1.807, 2.05) is 0 Å². The summed E-state index contributed by atoms with van der Waals surface area (Å²) in [7, 11) is 1.48. The molecule has 0 aliphatic heterocycles. The second-order valence-corrected chi connectivity index (χ2v) is 4.40. The van der Waals surface area contributed by atoms with Crippen molar-refractivity contribution < 1.29 is 23.5 Å². The Morgan fingerprint density at radius 3 is 2.73 bits per heavy atom. The lowest BCUT2D eigenvalue weighted by Gasteiger charge is -2.11. The van der Waals surface area contributed by atoms with E-state index in [2.05, 4.69) is 5.32 Å². The first-order valence-corrected chi connectivity index (χ1v) is 6.50. The van der Waals surface area contributed by atoms with Crippen LogP contribution in [0.5, 0.6) is 11.5 Å². The molecule has 0 saturated heterocycles. The Bertz CT molecular complexity index is 652. The molecule has 0 saturated carbocycles. The zero-order chi connectivity index (χ0) is 15.9. The third kappa shape index (κ3) is 4.02. The maximum absolute atomic E-state index is 11.8. The molecule has 7 nitrogen and oxygen atoms in total. The van der Waals surface area contributed by atoms with Gasteiger partial charge in [0, 0.05) is 6.54 Å². The third-order valence-corrected chi connectivity index (χ3v) is 2.80. The highest BCUT2D eigenvalue weighted by molar-refractivity contribution is 5.91. The molecule has 0 bridgehead atoms. The van der Waals surface area contributed by atoms with Gasteiger partial charge in [0.25, 0.3) is 11.8 Å². The van der Waals surface area contributed by atoms with E-state index in [0.717, 1.165) is 5.56 Å². The Balaban J connectivity index is 2.00. The number of methoxy groups -OCH3 is 1. The quantitative estimate of drug-likeness (QED) is 0.796. The predicted molar refractivity (Wildman–Crippen MR) is 77.6 cm³/mol. The first-order chi connectivity index (χ1) is 10.6. The number of furan rings is 1. The highest BCUT2D eigenvalue weighted by Gasteiger charge is 2.10. The Kier molecular flexibility index (Phi) is 5.02. The summed E-state index contributed by atoms with van der Waals surface area (Å²) in [5.74, 6) is 0.219. The van der Waals surface area contributed by atoms with Crippen LogP contribution in [0.15, 0.2) is 41.0 Å². The fourth-order valence-corrected chi connectivity index (χ4v) is 1.77. The molecule has 0 atom stereocenters. The van der Waals surface area contributed by atoms with Crippen molar-refractivity contribution in [3.8, 4) is 11.5 Å². The van der Waals surface area contributed by atoms with Crippen LogP contribution < -0.4 is 20.5 Å². The molecule has 3 N–H and O–H groups in total. The van der Waals surface area contributed by atoms with Gasteiger partial charge in [0.05, 0.1) is 13.4 Å². The minimum atomic E-state index is -0.572. The summed E-state index contributed by atoms with van der Waals surface area (Å²) in [6.45, 7) is 0.0664. The second-order valence-electron chi connectivity index (χ2n) is 4.40. The van der Waals surface area contributed by atoms with Crippen LogP contribution in [0.25, 0.3) is 0 Å². The van der Waals surface area contributed by atoms with Gasteiger partial charge in [0.1, 0.15) is 0 Å². The van der Waals surface area contributed by atoms with Gasteiger partial charge in [-0.2, -0.15) is 0 Å². The number of nitrogens with one attached hydrogen (secondary N) is 1. The van der Waals surface area contributed by atoms with Crippen molar-refractivity contribution >= 4 is 11.8 Å². The van der Waals surface area contributed by atoms with Crippen molar-refractivity contribution in [3.05, 3.63) is 47.9 Å². The number of rotatable bonds is 7. The van der Waals surface area contributed by atoms with Crippen LogP contribution in [-0.4, -0.2) is 25.5 Å². The largest absolute Gasteiger partial charge is 0.493 e. The zero-order valence-corrected chi connectivity index (χ0v) is 12.0. The lowest BCUT2D eigenvalue weighted by molar-refractivity contribution is -0.119. The predicted octanol–water partition coefficient (Wildman–Crippen LogP) is 1.08. The molecule has 0 aliphatic carbocycles. The number of carbonyl (C=O) groups is 2. The first kappa shape index (κ1) is 15.4. The fourth-order valence-electron chi connectivity index (χ4n) is 1.77. The van der Waals surface area contributed by atoms with Crippen LogP contribution in [0.3, 0.4) is 0 Å². The van der Waals surface area contributed by atoms with E-state index in [1.54, 1.807) is 30.3 Å². The topological polar surface area (TPSA) is 104 Å². The minimum Gasteiger partial charge on any atom is -0.493 e. The molecule has 0 spiro atoms. The van der Waals surface area contributed by atoms with Crippen LogP contribution >= 0.6 is 0 Å². The number of hydrogen-bond acceptors (Lipinski definition) is 5. The van der Waals surface area contributed by atoms with Crippen molar-refractivity contribution in [2.24, 2.45) is 5.73 Å². The number of nitrogens with two attached hydrogens (primary N) is 1. The Hall–Kier alpha value is -2.96. The van der Waals surface area contributed by atoms with Gasteiger partial charge < -0.3 is 24.9 Å². The normalized spacial score (nSPS) is 10.0. The summed E-state index contributed by atoms with van der Waals surface area (Å²) in [5, 5.41) is 2.72. The lowest BCUT2D eigenvalue weighted by Crippen LogP contribution is -2.22. The van der Waals surface area contributed by atoms with E-state index < -0.39 is 5.91 Å². The van der Waals surface area contributed by atoms with Gasteiger partial charge in [-0.3, -0.25) is 9.59 Å². The minimum absolute atomic E-state index is 0.231. The van der Waals surface area contributed by atoms with Gasteiger partial charge in [-0.25, -0.2) is 0 Å². The van der Waals surface area contributed by atoms with Crippen LogP contribution in [0.2, 0.25) is 0 Å². The van der Waals surface area contributed by atoms with Crippen molar-refractivity contribution in [3.63, 3.8) is 0 Å². The number of amides is 2. The highest BCUT2D eigenvalue weighted by Crippen LogP contribution is 2.28. The Labute approximate surface area is 127 Å². The second kappa shape index (κ2) is 7.16.